The molecule has 1 aromatic rings. The number of carbonyl (C=O) groups excluding carboxylic acids is 1. The molecule has 0 radical (unpaired) electrons. The van der Waals surface area contributed by atoms with Crippen molar-refractivity contribution in [3.63, 3.8) is 0 Å². The summed E-state index contributed by atoms with van der Waals surface area (Å²) in [5.74, 6) is 0.742. The summed E-state index contributed by atoms with van der Waals surface area (Å²) in [4.78, 5) is 17.3. The molecule has 3 atom stereocenters. The molecule has 2 fully saturated rings. The Morgan fingerprint density at radius 2 is 2.45 bits per heavy atom. The van der Waals surface area contributed by atoms with Gasteiger partial charge in [0.25, 0.3) is 0 Å². The highest BCUT2D eigenvalue weighted by Crippen LogP contribution is 2.44. The van der Waals surface area contributed by atoms with Crippen LogP contribution in [-0.4, -0.2) is 24.0 Å². The van der Waals surface area contributed by atoms with Gasteiger partial charge in [0.2, 0.25) is 5.91 Å². The average Bonchev–Trinajstić information content (AvgIpc) is 3.05. The number of aromatic nitrogens is 1. The zero-order valence-corrected chi connectivity index (χ0v) is 13.1. The average molecular weight is 293 g/mol. The molecule has 110 valence electrons. The van der Waals surface area contributed by atoms with Gasteiger partial charge in [-0.1, -0.05) is 12.8 Å². The third-order valence-electron chi connectivity index (χ3n) is 4.92. The Balaban J connectivity index is 1.72. The molecule has 2 aliphatic rings. The number of nitrogens with zero attached hydrogens (tertiary/aromatic N) is 1. The van der Waals surface area contributed by atoms with E-state index < -0.39 is 0 Å². The van der Waals surface area contributed by atoms with E-state index in [0.29, 0.717) is 5.92 Å². The molecule has 0 aromatic carbocycles. The van der Waals surface area contributed by atoms with Gasteiger partial charge < -0.3 is 10.6 Å². The van der Waals surface area contributed by atoms with Crippen molar-refractivity contribution < 1.29 is 4.79 Å². The number of hydrogen-bond donors (Lipinski definition) is 2. The summed E-state index contributed by atoms with van der Waals surface area (Å²) < 4.78 is 0. The number of carbonyl (C=O) groups is 1. The molecule has 5 heteroatoms. The number of fused-ring (bicyclic) bond motifs is 1. The molecule has 1 saturated carbocycles. The molecular formula is C15H23N3OS. The van der Waals surface area contributed by atoms with Crippen molar-refractivity contribution in [3.8, 4) is 0 Å². The minimum Gasteiger partial charge on any atom is -0.347 e. The molecule has 2 N–H and O–H groups in total. The van der Waals surface area contributed by atoms with Crippen molar-refractivity contribution in [1.82, 2.24) is 15.6 Å². The number of nitrogens with one attached hydrogen (secondary N) is 2. The highest BCUT2D eigenvalue weighted by atomic mass is 32.1. The Hall–Kier alpha value is -0.940. The molecule has 1 saturated heterocycles. The van der Waals surface area contributed by atoms with Crippen molar-refractivity contribution in [1.29, 1.82) is 0 Å². The van der Waals surface area contributed by atoms with E-state index >= 15 is 0 Å². The molecule has 1 unspecified atom stereocenters. The maximum absolute atomic E-state index is 12.8. The minimum atomic E-state index is -0.169. The summed E-state index contributed by atoms with van der Waals surface area (Å²) in [6, 6.07) is 0.00463. The second kappa shape index (κ2) is 5.45. The Morgan fingerprint density at radius 1 is 1.60 bits per heavy atom. The van der Waals surface area contributed by atoms with E-state index in [1.165, 1.54) is 19.3 Å². The molecular weight excluding hydrogens is 270 g/mol. The van der Waals surface area contributed by atoms with E-state index in [0.717, 1.165) is 30.2 Å². The zero-order valence-electron chi connectivity index (χ0n) is 12.2. The number of rotatable bonds is 3. The maximum atomic E-state index is 12.8. The Kier molecular flexibility index (Phi) is 3.82. The fraction of sp³-hybridized carbons (Fsp3) is 0.733. The molecule has 3 rings (SSSR count). The second-order valence-electron chi connectivity index (χ2n) is 6.22. The molecule has 0 bridgehead atoms. The zero-order chi connectivity index (χ0) is 14.2. The van der Waals surface area contributed by atoms with Gasteiger partial charge in [-0.15, -0.1) is 11.3 Å². The fourth-order valence-corrected chi connectivity index (χ4v) is 4.39. The lowest BCUT2D eigenvalue weighted by Crippen LogP contribution is -2.48. The molecule has 4 nitrogen and oxygen atoms in total. The summed E-state index contributed by atoms with van der Waals surface area (Å²) in [5.41, 5.74) is 0.813. The molecule has 20 heavy (non-hydrogen) atoms. The molecule has 1 aliphatic carbocycles. The molecule has 1 aliphatic heterocycles. The van der Waals surface area contributed by atoms with Crippen LogP contribution in [0, 0.1) is 18.3 Å². The van der Waals surface area contributed by atoms with Crippen LogP contribution in [0.3, 0.4) is 0 Å². The van der Waals surface area contributed by atoms with Crippen molar-refractivity contribution in [2.75, 3.05) is 13.1 Å². The SMILES string of the molecule is Cc1nc(C(C)NC(=O)[C@@]23CCCC[C@H]2CNC3)cs1. The van der Waals surface area contributed by atoms with Crippen molar-refractivity contribution >= 4 is 17.2 Å². The number of amides is 1. The quantitative estimate of drug-likeness (QED) is 0.900. The standard InChI is InChI=1S/C15H23N3OS/c1-10(13-8-20-11(2)18-13)17-14(19)15-6-4-3-5-12(15)7-16-9-15/h8,10,12,16H,3-7,9H2,1-2H3,(H,17,19)/t10?,12-,15+/m0/s1. The number of thiazole rings is 1. The summed E-state index contributed by atoms with van der Waals surface area (Å²) in [6.07, 6.45) is 4.65. The molecule has 0 spiro atoms. The summed E-state index contributed by atoms with van der Waals surface area (Å²) in [5, 5.41) is 9.73. The van der Waals surface area contributed by atoms with E-state index in [9.17, 15) is 4.79 Å². The summed E-state index contributed by atoms with van der Waals surface area (Å²) >= 11 is 1.64. The van der Waals surface area contributed by atoms with E-state index in [-0.39, 0.29) is 17.4 Å². The Morgan fingerprint density at radius 3 is 3.20 bits per heavy atom. The Labute approximate surface area is 124 Å². The van der Waals surface area contributed by atoms with Crippen LogP contribution < -0.4 is 10.6 Å². The lowest BCUT2D eigenvalue weighted by Gasteiger charge is -2.37. The summed E-state index contributed by atoms with van der Waals surface area (Å²) in [7, 11) is 0. The number of aryl methyl sites for hydroxylation is 1. The van der Waals surface area contributed by atoms with Gasteiger partial charge >= 0.3 is 0 Å². The summed E-state index contributed by atoms with van der Waals surface area (Å²) in [6.45, 7) is 5.87. The molecule has 1 amide bonds. The lowest BCUT2D eigenvalue weighted by molar-refractivity contribution is -0.134. The van der Waals surface area contributed by atoms with Gasteiger partial charge in [0.15, 0.2) is 0 Å². The van der Waals surface area contributed by atoms with Crippen LogP contribution in [0.2, 0.25) is 0 Å². The molecule has 1 aromatic heterocycles. The Bertz CT molecular complexity index is 501. The van der Waals surface area contributed by atoms with Gasteiger partial charge in [-0.25, -0.2) is 4.98 Å². The normalized spacial score (nSPS) is 30.8. The van der Waals surface area contributed by atoms with Gasteiger partial charge in [-0.05, 0) is 39.2 Å². The predicted octanol–water partition coefficient (Wildman–Crippen LogP) is 2.41. The van der Waals surface area contributed by atoms with Gasteiger partial charge in [-0.2, -0.15) is 0 Å². The van der Waals surface area contributed by atoms with Crippen molar-refractivity contribution in [3.05, 3.63) is 16.1 Å². The minimum absolute atomic E-state index is 0.00463. The van der Waals surface area contributed by atoms with Crippen LogP contribution in [0.15, 0.2) is 5.38 Å². The van der Waals surface area contributed by atoms with Gasteiger partial charge in [0.1, 0.15) is 0 Å². The first-order chi connectivity index (χ1) is 9.62. The monoisotopic (exact) mass is 293 g/mol. The lowest BCUT2D eigenvalue weighted by atomic mass is 9.67. The largest absolute Gasteiger partial charge is 0.347 e. The van der Waals surface area contributed by atoms with Crippen LogP contribution in [-0.2, 0) is 4.79 Å². The van der Waals surface area contributed by atoms with E-state index in [1.54, 1.807) is 11.3 Å². The van der Waals surface area contributed by atoms with Crippen molar-refractivity contribution in [2.45, 2.75) is 45.6 Å². The first-order valence-corrected chi connectivity index (χ1v) is 8.43. The third kappa shape index (κ3) is 2.37. The van der Waals surface area contributed by atoms with E-state index in [2.05, 4.69) is 15.6 Å². The van der Waals surface area contributed by atoms with Crippen LogP contribution in [0.1, 0.15) is 49.4 Å². The van der Waals surface area contributed by atoms with Gasteiger partial charge in [-0.3, -0.25) is 4.79 Å². The second-order valence-corrected chi connectivity index (χ2v) is 7.28. The number of hydrogen-bond acceptors (Lipinski definition) is 4. The molecule has 2 heterocycles. The van der Waals surface area contributed by atoms with Gasteiger partial charge in [0.05, 0.1) is 22.2 Å². The highest BCUT2D eigenvalue weighted by molar-refractivity contribution is 7.09. The smallest absolute Gasteiger partial charge is 0.228 e. The third-order valence-corrected chi connectivity index (χ3v) is 5.71. The van der Waals surface area contributed by atoms with Gasteiger partial charge in [0, 0.05) is 11.9 Å². The van der Waals surface area contributed by atoms with Crippen LogP contribution in [0.25, 0.3) is 0 Å². The van der Waals surface area contributed by atoms with Crippen LogP contribution >= 0.6 is 11.3 Å². The van der Waals surface area contributed by atoms with Crippen molar-refractivity contribution in [2.24, 2.45) is 11.3 Å². The first-order valence-electron chi connectivity index (χ1n) is 7.55. The fourth-order valence-electron chi connectivity index (χ4n) is 3.68. The van der Waals surface area contributed by atoms with Crippen LogP contribution in [0.5, 0.6) is 0 Å². The van der Waals surface area contributed by atoms with Crippen LogP contribution in [0.4, 0.5) is 0 Å². The highest BCUT2D eigenvalue weighted by Gasteiger charge is 2.50. The van der Waals surface area contributed by atoms with E-state index in [1.807, 2.05) is 19.2 Å². The predicted molar refractivity (Wildman–Crippen MR) is 80.7 cm³/mol. The maximum Gasteiger partial charge on any atom is 0.228 e. The first kappa shape index (κ1) is 14.0. The van der Waals surface area contributed by atoms with E-state index in [4.69, 9.17) is 0 Å². The topological polar surface area (TPSA) is 54.0 Å².